The van der Waals surface area contributed by atoms with E-state index in [-0.39, 0.29) is 5.91 Å². The van der Waals surface area contributed by atoms with Gasteiger partial charge in [0.05, 0.1) is 0 Å². The minimum Gasteiger partial charge on any atom is -0.367 e. The van der Waals surface area contributed by atoms with Crippen LogP contribution in [0.4, 0.5) is 0 Å². The Kier molecular flexibility index (Phi) is 4.78. The van der Waals surface area contributed by atoms with E-state index in [1.165, 1.54) is 18.4 Å². The van der Waals surface area contributed by atoms with E-state index in [1.54, 1.807) is 0 Å². The molecule has 1 heterocycles. The average Bonchev–Trinajstić information content (AvgIpc) is 2.96. The Morgan fingerprint density at radius 2 is 1.95 bits per heavy atom. The van der Waals surface area contributed by atoms with Gasteiger partial charge in [-0.15, -0.1) is 0 Å². The van der Waals surface area contributed by atoms with Gasteiger partial charge in [0.15, 0.2) is 0 Å². The van der Waals surface area contributed by atoms with Crippen LogP contribution in [0.3, 0.4) is 0 Å². The summed E-state index contributed by atoms with van der Waals surface area (Å²) in [7, 11) is 0. The van der Waals surface area contributed by atoms with E-state index in [0.29, 0.717) is 6.54 Å². The molecular weight excluding hydrogens is 236 g/mol. The van der Waals surface area contributed by atoms with Crippen molar-refractivity contribution in [2.45, 2.75) is 32.7 Å². The zero-order valence-corrected chi connectivity index (χ0v) is 11.3. The molecule has 2 aromatic rings. The summed E-state index contributed by atoms with van der Waals surface area (Å²) in [5, 5.41) is 2.91. The number of aromatic nitrogens is 1. The maximum atomic E-state index is 11.9. The first-order valence-corrected chi connectivity index (χ1v) is 6.78. The predicted octanol–water partition coefficient (Wildman–Crippen LogP) is 3.29. The van der Waals surface area contributed by atoms with Gasteiger partial charge in [-0.05, 0) is 42.2 Å². The zero-order valence-electron chi connectivity index (χ0n) is 11.3. The second-order valence-corrected chi connectivity index (χ2v) is 4.70. The molecule has 0 unspecified atom stereocenters. The predicted molar refractivity (Wildman–Crippen MR) is 77.0 cm³/mol. The summed E-state index contributed by atoms with van der Waals surface area (Å²) in [4.78, 5) is 14.9. The molecule has 19 heavy (non-hydrogen) atoms. The lowest BCUT2D eigenvalue weighted by molar-refractivity contribution is 0.0951. The number of aromatic amines is 1. The highest BCUT2D eigenvalue weighted by molar-refractivity contribution is 5.94. The van der Waals surface area contributed by atoms with Crippen molar-refractivity contribution in [1.29, 1.82) is 0 Å². The third-order valence-electron chi connectivity index (χ3n) is 3.15. The number of rotatable bonds is 6. The van der Waals surface area contributed by atoms with Crippen LogP contribution in [0.25, 0.3) is 0 Å². The summed E-state index contributed by atoms with van der Waals surface area (Å²) >= 11 is 0. The van der Waals surface area contributed by atoms with E-state index in [1.807, 2.05) is 42.7 Å². The molecule has 0 spiro atoms. The van der Waals surface area contributed by atoms with Crippen LogP contribution in [0.1, 0.15) is 41.3 Å². The van der Waals surface area contributed by atoms with Gasteiger partial charge in [0.25, 0.3) is 5.91 Å². The number of H-pyrrole nitrogens is 1. The molecule has 0 aliphatic heterocycles. The summed E-state index contributed by atoms with van der Waals surface area (Å²) in [5.74, 6) is -0.0248. The van der Waals surface area contributed by atoms with Crippen molar-refractivity contribution in [3.63, 3.8) is 0 Å². The lowest BCUT2D eigenvalue weighted by Crippen LogP contribution is -2.22. The van der Waals surface area contributed by atoms with Gasteiger partial charge in [0, 0.05) is 24.5 Å². The first kappa shape index (κ1) is 13.4. The highest BCUT2D eigenvalue weighted by Crippen LogP contribution is 2.08. The van der Waals surface area contributed by atoms with Crippen LogP contribution in [-0.4, -0.2) is 10.9 Å². The normalized spacial score (nSPS) is 10.4. The van der Waals surface area contributed by atoms with E-state index in [0.717, 1.165) is 17.5 Å². The molecule has 2 rings (SSSR count). The lowest BCUT2D eigenvalue weighted by Gasteiger charge is -2.05. The van der Waals surface area contributed by atoms with E-state index < -0.39 is 0 Å². The van der Waals surface area contributed by atoms with Crippen molar-refractivity contribution in [1.82, 2.24) is 10.3 Å². The quantitative estimate of drug-likeness (QED) is 0.818. The number of amides is 1. The summed E-state index contributed by atoms with van der Waals surface area (Å²) in [6.45, 7) is 2.74. The van der Waals surface area contributed by atoms with Crippen molar-refractivity contribution < 1.29 is 4.79 Å². The van der Waals surface area contributed by atoms with Crippen LogP contribution in [0, 0.1) is 0 Å². The van der Waals surface area contributed by atoms with Crippen molar-refractivity contribution >= 4 is 5.91 Å². The fraction of sp³-hybridized carbons (Fsp3) is 0.312. The summed E-state index contributed by atoms with van der Waals surface area (Å²) in [5.41, 5.74) is 3.09. The molecule has 0 aliphatic rings. The van der Waals surface area contributed by atoms with Crippen molar-refractivity contribution in [2.75, 3.05) is 0 Å². The van der Waals surface area contributed by atoms with E-state index in [2.05, 4.69) is 17.2 Å². The van der Waals surface area contributed by atoms with Gasteiger partial charge in [0.1, 0.15) is 0 Å². The molecule has 0 bridgehead atoms. The SMILES string of the molecule is CCCCc1ccc(C(=O)NCc2cc[nH]c2)cc1. The highest BCUT2D eigenvalue weighted by Gasteiger charge is 2.05. The molecule has 3 heteroatoms. The molecule has 0 atom stereocenters. The van der Waals surface area contributed by atoms with Crippen LogP contribution < -0.4 is 5.32 Å². The maximum absolute atomic E-state index is 11.9. The third kappa shape index (κ3) is 3.98. The largest absolute Gasteiger partial charge is 0.367 e. The van der Waals surface area contributed by atoms with Crippen LogP contribution in [-0.2, 0) is 13.0 Å². The molecule has 1 aromatic carbocycles. The van der Waals surface area contributed by atoms with E-state index in [9.17, 15) is 4.79 Å². The number of nitrogens with one attached hydrogen (secondary N) is 2. The third-order valence-corrected chi connectivity index (χ3v) is 3.15. The standard InChI is InChI=1S/C16H20N2O/c1-2-3-4-13-5-7-15(8-6-13)16(19)18-12-14-9-10-17-11-14/h5-11,17H,2-4,12H2,1H3,(H,18,19). The maximum Gasteiger partial charge on any atom is 0.251 e. The van der Waals surface area contributed by atoms with Gasteiger partial charge in [-0.3, -0.25) is 4.79 Å². The minimum absolute atomic E-state index is 0.0248. The Hall–Kier alpha value is -2.03. The topological polar surface area (TPSA) is 44.9 Å². The van der Waals surface area contributed by atoms with E-state index in [4.69, 9.17) is 0 Å². The van der Waals surface area contributed by atoms with Gasteiger partial charge in [-0.25, -0.2) is 0 Å². The van der Waals surface area contributed by atoms with Gasteiger partial charge >= 0.3 is 0 Å². The minimum atomic E-state index is -0.0248. The molecule has 0 saturated carbocycles. The highest BCUT2D eigenvalue weighted by atomic mass is 16.1. The van der Waals surface area contributed by atoms with Crippen LogP contribution >= 0.6 is 0 Å². The second kappa shape index (κ2) is 6.78. The number of unbranched alkanes of at least 4 members (excludes halogenated alkanes) is 1. The van der Waals surface area contributed by atoms with Gasteiger partial charge < -0.3 is 10.3 Å². The smallest absolute Gasteiger partial charge is 0.251 e. The molecular formula is C16H20N2O. The summed E-state index contributed by atoms with van der Waals surface area (Å²) in [6.07, 6.45) is 7.21. The van der Waals surface area contributed by atoms with Gasteiger partial charge in [0.2, 0.25) is 0 Å². The number of hydrogen-bond donors (Lipinski definition) is 2. The van der Waals surface area contributed by atoms with Crippen molar-refractivity contribution in [2.24, 2.45) is 0 Å². The molecule has 0 aliphatic carbocycles. The van der Waals surface area contributed by atoms with Gasteiger partial charge in [-0.2, -0.15) is 0 Å². The van der Waals surface area contributed by atoms with Crippen LogP contribution in [0.15, 0.2) is 42.7 Å². The first-order valence-electron chi connectivity index (χ1n) is 6.78. The zero-order chi connectivity index (χ0) is 13.5. The fourth-order valence-electron chi connectivity index (χ4n) is 1.96. The van der Waals surface area contributed by atoms with Crippen molar-refractivity contribution in [3.05, 3.63) is 59.4 Å². The Bertz CT molecular complexity index is 500. The summed E-state index contributed by atoms with van der Waals surface area (Å²) < 4.78 is 0. The molecule has 3 nitrogen and oxygen atoms in total. The Morgan fingerprint density at radius 1 is 1.16 bits per heavy atom. The van der Waals surface area contributed by atoms with Crippen molar-refractivity contribution in [3.8, 4) is 0 Å². The Labute approximate surface area is 114 Å². The molecule has 1 amide bonds. The first-order chi connectivity index (χ1) is 9.29. The number of aryl methyl sites for hydroxylation is 1. The lowest BCUT2D eigenvalue weighted by atomic mass is 10.1. The van der Waals surface area contributed by atoms with Crippen LogP contribution in [0.5, 0.6) is 0 Å². The molecule has 0 radical (unpaired) electrons. The van der Waals surface area contributed by atoms with E-state index >= 15 is 0 Å². The molecule has 2 N–H and O–H groups in total. The molecule has 1 aromatic heterocycles. The summed E-state index contributed by atoms with van der Waals surface area (Å²) in [6, 6.07) is 9.84. The number of carbonyl (C=O) groups is 1. The molecule has 0 fully saturated rings. The van der Waals surface area contributed by atoms with Gasteiger partial charge in [-0.1, -0.05) is 25.5 Å². The molecule has 100 valence electrons. The fourth-order valence-corrected chi connectivity index (χ4v) is 1.96. The van der Waals surface area contributed by atoms with Crippen LogP contribution in [0.2, 0.25) is 0 Å². The molecule has 0 saturated heterocycles. The number of carbonyl (C=O) groups excluding carboxylic acids is 1. The average molecular weight is 256 g/mol. The monoisotopic (exact) mass is 256 g/mol. The number of benzene rings is 1. The Balaban J connectivity index is 1.88. The number of hydrogen-bond acceptors (Lipinski definition) is 1. The second-order valence-electron chi connectivity index (χ2n) is 4.70. The Morgan fingerprint density at radius 3 is 2.58 bits per heavy atom.